The average Bonchev–Trinajstić information content (AvgIpc) is 2.87. The normalized spacial score (nSPS) is 15.0. The minimum Gasteiger partial charge on any atom is -0.390 e. The van der Waals surface area contributed by atoms with Gasteiger partial charge in [0.2, 0.25) is 29.5 Å². The number of hydrogen-bond donors (Lipinski definition) is 6. The van der Waals surface area contributed by atoms with Gasteiger partial charge in [-0.3, -0.25) is 24.0 Å². The Labute approximate surface area is 259 Å². The van der Waals surface area contributed by atoms with E-state index in [-0.39, 0.29) is 36.0 Å². The predicted octanol–water partition coefficient (Wildman–Crippen LogP) is 2.80. The quantitative estimate of drug-likeness (QED) is 0.117. The largest absolute Gasteiger partial charge is 0.390 e. The van der Waals surface area contributed by atoms with E-state index >= 15 is 0 Å². The first-order valence-electron chi connectivity index (χ1n) is 16.1. The lowest BCUT2D eigenvalue weighted by atomic mass is 9.96. The topological polar surface area (TPSA) is 166 Å². The van der Waals surface area contributed by atoms with Crippen molar-refractivity contribution in [1.82, 2.24) is 26.6 Å². The number of aliphatic hydroxyl groups excluding tert-OH is 1. The van der Waals surface area contributed by atoms with Crippen molar-refractivity contribution in [2.75, 3.05) is 6.54 Å². The summed E-state index contributed by atoms with van der Waals surface area (Å²) in [6.45, 7) is 19.6. The molecule has 0 aromatic carbocycles. The van der Waals surface area contributed by atoms with Crippen LogP contribution in [0.2, 0.25) is 0 Å². The lowest BCUT2D eigenvalue weighted by Crippen LogP contribution is -2.57. The highest BCUT2D eigenvalue weighted by Crippen LogP contribution is 2.13. The molecular formula is C32H61N5O6. The standard InChI is InChI=1S/C32H61N5O6/c1-11-12-13-24(35-32(43)29(22(8)9)37-27(39)17-21(6)7)31(42)36-25(16-20(4)5)26(38)18-28(40)34-23(10)30(41)33-15-14-19(2)3/h19-26,29,38H,11-18H2,1-10H3,(H,33,41)(H,34,40)(H,35,43)(H,36,42)(H,37,39)/t23-,24-,25-,26-,29-/m0/s1. The van der Waals surface area contributed by atoms with E-state index in [1.807, 2.05) is 48.5 Å². The van der Waals surface area contributed by atoms with Gasteiger partial charge in [0.25, 0.3) is 0 Å². The zero-order valence-electron chi connectivity index (χ0n) is 28.3. The molecular weight excluding hydrogens is 550 g/mol. The van der Waals surface area contributed by atoms with E-state index < -0.39 is 48.0 Å². The molecule has 0 aliphatic heterocycles. The highest BCUT2D eigenvalue weighted by molar-refractivity contribution is 5.92. The third kappa shape index (κ3) is 17.9. The van der Waals surface area contributed by atoms with Crippen LogP contribution in [0.15, 0.2) is 0 Å². The van der Waals surface area contributed by atoms with Gasteiger partial charge in [0.1, 0.15) is 18.1 Å². The summed E-state index contributed by atoms with van der Waals surface area (Å²) >= 11 is 0. The van der Waals surface area contributed by atoms with Gasteiger partial charge >= 0.3 is 0 Å². The molecule has 0 radical (unpaired) electrons. The van der Waals surface area contributed by atoms with Crippen LogP contribution in [0.5, 0.6) is 0 Å². The Morgan fingerprint density at radius 1 is 0.651 bits per heavy atom. The minimum atomic E-state index is -1.20. The van der Waals surface area contributed by atoms with E-state index in [1.165, 1.54) is 0 Å². The molecule has 250 valence electrons. The first-order chi connectivity index (χ1) is 20.0. The van der Waals surface area contributed by atoms with Crippen LogP contribution in [-0.4, -0.2) is 71.5 Å². The van der Waals surface area contributed by atoms with Crippen LogP contribution in [0.4, 0.5) is 0 Å². The SMILES string of the molecule is CCCC[C@H](NC(=O)[C@@H](NC(=O)CC(C)C)C(C)C)C(=O)N[C@@H](CC(C)C)[C@@H](O)CC(=O)N[C@@H](C)C(=O)NCCC(C)C. The second kappa shape index (κ2) is 21.1. The number of hydrogen-bond acceptors (Lipinski definition) is 6. The lowest BCUT2D eigenvalue weighted by Gasteiger charge is -2.29. The summed E-state index contributed by atoms with van der Waals surface area (Å²) in [7, 11) is 0. The number of amides is 5. The molecule has 0 bridgehead atoms. The summed E-state index contributed by atoms with van der Waals surface area (Å²) in [6.07, 6.45) is 1.88. The molecule has 0 aromatic rings. The van der Waals surface area contributed by atoms with Crippen molar-refractivity contribution in [2.24, 2.45) is 23.7 Å². The summed E-state index contributed by atoms with van der Waals surface area (Å²) in [4.78, 5) is 64.1. The Bertz CT molecular complexity index is 876. The summed E-state index contributed by atoms with van der Waals surface area (Å²) in [5, 5.41) is 24.9. The highest BCUT2D eigenvalue weighted by atomic mass is 16.3. The van der Waals surface area contributed by atoms with Crippen LogP contribution in [0.25, 0.3) is 0 Å². The molecule has 5 atom stereocenters. The Kier molecular flexibility index (Phi) is 19.8. The zero-order valence-corrected chi connectivity index (χ0v) is 28.3. The second-order valence-electron chi connectivity index (χ2n) is 13.4. The van der Waals surface area contributed by atoms with Crippen molar-refractivity contribution in [2.45, 2.75) is 144 Å². The molecule has 0 saturated carbocycles. The fourth-order valence-corrected chi connectivity index (χ4v) is 4.52. The molecule has 0 spiro atoms. The van der Waals surface area contributed by atoms with Gasteiger partial charge in [-0.2, -0.15) is 0 Å². The zero-order chi connectivity index (χ0) is 33.3. The molecule has 0 heterocycles. The van der Waals surface area contributed by atoms with Gasteiger partial charge in [-0.25, -0.2) is 0 Å². The van der Waals surface area contributed by atoms with Crippen molar-refractivity contribution < 1.29 is 29.1 Å². The van der Waals surface area contributed by atoms with E-state index in [1.54, 1.807) is 6.92 Å². The van der Waals surface area contributed by atoms with Gasteiger partial charge in [0.05, 0.1) is 18.6 Å². The summed E-state index contributed by atoms with van der Waals surface area (Å²) < 4.78 is 0. The summed E-state index contributed by atoms with van der Waals surface area (Å²) in [6, 6.07) is -3.19. The Hall–Kier alpha value is -2.69. The third-order valence-electron chi connectivity index (χ3n) is 7.04. The maximum atomic E-state index is 13.5. The van der Waals surface area contributed by atoms with Gasteiger partial charge in [-0.1, -0.05) is 75.2 Å². The lowest BCUT2D eigenvalue weighted by molar-refractivity contribution is -0.134. The molecule has 0 fully saturated rings. The molecule has 11 nitrogen and oxygen atoms in total. The molecule has 0 aliphatic rings. The van der Waals surface area contributed by atoms with Gasteiger partial charge in [-0.15, -0.1) is 0 Å². The maximum absolute atomic E-state index is 13.5. The summed E-state index contributed by atoms with van der Waals surface area (Å²) in [5.41, 5.74) is 0. The van der Waals surface area contributed by atoms with Crippen LogP contribution in [-0.2, 0) is 24.0 Å². The van der Waals surface area contributed by atoms with Crippen LogP contribution in [0.1, 0.15) is 114 Å². The number of carbonyl (C=O) groups excluding carboxylic acids is 5. The Balaban J connectivity index is 5.49. The fourth-order valence-electron chi connectivity index (χ4n) is 4.52. The van der Waals surface area contributed by atoms with E-state index in [0.29, 0.717) is 38.1 Å². The van der Waals surface area contributed by atoms with Gasteiger partial charge < -0.3 is 31.7 Å². The maximum Gasteiger partial charge on any atom is 0.243 e. The summed E-state index contributed by atoms with van der Waals surface area (Å²) in [5.74, 6) is -1.45. The van der Waals surface area contributed by atoms with Crippen LogP contribution in [0, 0.1) is 23.7 Å². The number of rotatable bonds is 21. The minimum absolute atomic E-state index is 0.0962. The molecule has 0 aliphatic carbocycles. The number of aliphatic hydroxyl groups is 1. The Morgan fingerprint density at radius 2 is 1.26 bits per heavy atom. The smallest absolute Gasteiger partial charge is 0.243 e. The van der Waals surface area contributed by atoms with E-state index in [9.17, 15) is 29.1 Å². The molecule has 0 rings (SSSR count). The van der Waals surface area contributed by atoms with Gasteiger partial charge in [-0.05, 0) is 49.9 Å². The molecule has 11 heteroatoms. The van der Waals surface area contributed by atoms with Crippen LogP contribution >= 0.6 is 0 Å². The Morgan fingerprint density at radius 3 is 1.77 bits per heavy atom. The second-order valence-corrected chi connectivity index (χ2v) is 13.4. The van der Waals surface area contributed by atoms with Crippen molar-refractivity contribution in [1.29, 1.82) is 0 Å². The van der Waals surface area contributed by atoms with Crippen LogP contribution < -0.4 is 26.6 Å². The molecule has 6 N–H and O–H groups in total. The van der Waals surface area contributed by atoms with Crippen LogP contribution in [0.3, 0.4) is 0 Å². The van der Waals surface area contributed by atoms with Crippen molar-refractivity contribution in [3.63, 3.8) is 0 Å². The van der Waals surface area contributed by atoms with Gasteiger partial charge in [0.15, 0.2) is 0 Å². The number of unbranched alkanes of at least 4 members (excludes halogenated alkanes) is 1. The van der Waals surface area contributed by atoms with E-state index in [2.05, 4.69) is 40.4 Å². The first-order valence-corrected chi connectivity index (χ1v) is 16.1. The van der Waals surface area contributed by atoms with E-state index in [4.69, 9.17) is 0 Å². The molecule has 5 amide bonds. The van der Waals surface area contributed by atoms with Gasteiger partial charge in [0, 0.05) is 13.0 Å². The van der Waals surface area contributed by atoms with Crippen molar-refractivity contribution in [3.05, 3.63) is 0 Å². The highest BCUT2D eigenvalue weighted by Gasteiger charge is 2.32. The fraction of sp³-hybridized carbons (Fsp3) is 0.844. The molecule has 43 heavy (non-hydrogen) atoms. The molecule has 0 unspecified atom stereocenters. The van der Waals surface area contributed by atoms with Crippen molar-refractivity contribution in [3.8, 4) is 0 Å². The predicted molar refractivity (Wildman–Crippen MR) is 170 cm³/mol. The number of carbonyl (C=O) groups is 5. The number of nitrogens with one attached hydrogen (secondary N) is 5. The van der Waals surface area contributed by atoms with E-state index in [0.717, 1.165) is 12.8 Å². The monoisotopic (exact) mass is 611 g/mol. The third-order valence-corrected chi connectivity index (χ3v) is 7.04. The average molecular weight is 612 g/mol. The first kappa shape index (κ1) is 40.3. The van der Waals surface area contributed by atoms with Crippen molar-refractivity contribution >= 4 is 29.5 Å². The molecule has 0 saturated heterocycles. The molecule has 0 aromatic heterocycles.